The Labute approximate surface area is 120 Å². The first-order valence-electron chi connectivity index (χ1n) is 6.45. The van der Waals surface area contributed by atoms with Gasteiger partial charge in [0.05, 0.1) is 5.56 Å². The van der Waals surface area contributed by atoms with Crippen LogP contribution in [-0.4, -0.2) is 0 Å². The Kier molecular flexibility index (Phi) is 4.32. The Bertz CT molecular complexity index is 634. The summed E-state index contributed by atoms with van der Waals surface area (Å²) in [6.45, 7) is 1.94. The number of rotatable bonds is 3. The van der Waals surface area contributed by atoms with E-state index in [0.29, 0.717) is 12.0 Å². The summed E-state index contributed by atoms with van der Waals surface area (Å²) < 4.78 is 51.0. The third-order valence-corrected chi connectivity index (χ3v) is 3.26. The van der Waals surface area contributed by atoms with Gasteiger partial charge in [0.1, 0.15) is 5.82 Å². The Balaban J connectivity index is 2.20. The maximum atomic E-state index is 13.5. The summed E-state index contributed by atoms with van der Waals surface area (Å²) in [6.07, 6.45) is -4.25. The number of hydrogen-bond donors (Lipinski definition) is 1. The molecular formula is C16H15F4N. The van der Waals surface area contributed by atoms with E-state index in [-0.39, 0.29) is 0 Å². The molecule has 0 aliphatic heterocycles. The Morgan fingerprint density at radius 3 is 2.38 bits per heavy atom. The Morgan fingerprint density at radius 1 is 1.10 bits per heavy atom. The van der Waals surface area contributed by atoms with Gasteiger partial charge in [0.25, 0.3) is 0 Å². The molecule has 0 spiro atoms. The molecule has 2 aromatic rings. The van der Waals surface area contributed by atoms with E-state index in [9.17, 15) is 17.6 Å². The molecule has 2 N–H and O–H groups in total. The zero-order valence-corrected chi connectivity index (χ0v) is 11.4. The molecule has 0 aliphatic carbocycles. The second-order valence-electron chi connectivity index (χ2n) is 5.04. The van der Waals surface area contributed by atoms with Gasteiger partial charge in [-0.1, -0.05) is 35.9 Å². The lowest BCUT2D eigenvalue weighted by molar-refractivity contribution is -0.140. The van der Waals surface area contributed by atoms with Crippen LogP contribution in [0, 0.1) is 12.7 Å². The van der Waals surface area contributed by atoms with Crippen molar-refractivity contribution in [1.82, 2.24) is 0 Å². The van der Waals surface area contributed by atoms with Crippen molar-refractivity contribution in [2.24, 2.45) is 5.73 Å². The SMILES string of the molecule is Cc1cccc(CC(N)c2ccc(C(F)(F)F)c(F)c2)c1. The maximum absolute atomic E-state index is 13.5. The van der Waals surface area contributed by atoms with E-state index in [1.807, 2.05) is 31.2 Å². The predicted molar refractivity (Wildman–Crippen MR) is 73.2 cm³/mol. The van der Waals surface area contributed by atoms with Gasteiger partial charge in [0.15, 0.2) is 0 Å². The lowest BCUT2D eigenvalue weighted by Gasteiger charge is -2.15. The first kappa shape index (κ1) is 15.5. The molecule has 5 heteroatoms. The largest absolute Gasteiger partial charge is 0.419 e. The quantitative estimate of drug-likeness (QED) is 0.835. The zero-order chi connectivity index (χ0) is 15.6. The van der Waals surface area contributed by atoms with E-state index in [2.05, 4.69) is 0 Å². The molecule has 2 rings (SSSR count). The van der Waals surface area contributed by atoms with Crippen LogP contribution in [0.25, 0.3) is 0 Å². The van der Waals surface area contributed by atoms with E-state index in [4.69, 9.17) is 5.73 Å². The summed E-state index contributed by atoms with van der Waals surface area (Å²) in [7, 11) is 0. The molecule has 0 fully saturated rings. The highest BCUT2D eigenvalue weighted by Crippen LogP contribution is 2.32. The number of nitrogens with two attached hydrogens (primary N) is 1. The number of aryl methyl sites for hydroxylation is 1. The van der Waals surface area contributed by atoms with E-state index in [1.54, 1.807) is 0 Å². The van der Waals surface area contributed by atoms with E-state index < -0.39 is 23.6 Å². The van der Waals surface area contributed by atoms with Gasteiger partial charge in [-0.3, -0.25) is 0 Å². The van der Waals surface area contributed by atoms with Gasteiger partial charge >= 0.3 is 6.18 Å². The van der Waals surface area contributed by atoms with Gasteiger partial charge in [0.2, 0.25) is 0 Å². The Hall–Kier alpha value is -1.88. The van der Waals surface area contributed by atoms with E-state index in [1.165, 1.54) is 6.07 Å². The van der Waals surface area contributed by atoms with Crippen molar-refractivity contribution in [2.75, 3.05) is 0 Å². The average Bonchev–Trinajstić information content (AvgIpc) is 2.37. The number of halogens is 4. The summed E-state index contributed by atoms with van der Waals surface area (Å²) in [5, 5.41) is 0. The second kappa shape index (κ2) is 5.85. The monoisotopic (exact) mass is 297 g/mol. The predicted octanol–water partition coefficient (Wildman–Crippen LogP) is 4.40. The smallest absolute Gasteiger partial charge is 0.324 e. The van der Waals surface area contributed by atoms with Crippen LogP contribution in [0.15, 0.2) is 42.5 Å². The zero-order valence-electron chi connectivity index (χ0n) is 11.4. The summed E-state index contributed by atoms with van der Waals surface area (Å²) >= 11 is 0. The van der Waals surface area contributed by atoms with Crippen molar-refractivity contribution in [3.63, 3.8) is 0 Å². The number of hydrogen-bond acceptors (Lipinski definition) is 1. The van der Waals surface area contributed by atoms with Gasteiger partial charge < -0.3 is 5.73 Å². The molecule has 1 unspecified atom stereocenters. The minimum absolute atomic E-state index is 0.349. The molecule has 0 heterocycles. The molecule has 1 nitrogen and oxygen atoms in total. The van der Waals surface area contributed by atoms with Crippen LogP contribution in [0.2, 0.25) is 0 Å². The van der Waals surface area contributed by atoms with Gasteiger partial charge in [-0.2, -0.15) is 13.2 Å². The van der Waals surface area contributed by atoms with Crippen molar-refractivity contribution >= 4 is 0 Å². The highest BCUT2D eigenvalue weighted by molar-refractivity contribution is 5.30. The summed E-state index contributed by atoms with van der Waals surface area (Å²) in [5.41, 5.74) is 7.07. The molecular weight excluding hydrogens is 282 g/mol. The first-order valence-corrected chi connectivity index (χ1v) is 6.45. The third-order valence-electron chi connectivity index (χ3n) is 3.26. The second-order valence-corrected chi connectivity index (χ2v) is 5.04. The normalized spacial score (nSPS) is 13.2. The van der Waals surface area contributed by atoms with Gasteiger partial charge in [-0.15, -0.1) is 0 Å². The summed E-state index contributed by atoms with van der Waals surface area (Å²) in [5.74, 6) is -1.29. The fourth-order valence-electron chi connectivity index (χ4n) is 2.20. The fraction of sp³-hybridized carbons (Fsp3) is 0.250. The van der Waals surface area contributed by atoms with Crippen LogP contribution < -0.4 is 5.73 Å². The number of alkyl halides is 3. The van der Waals surface area contributed by atoms with Crippen LogP contribution in [0.1, 0.15) is 28.3 Å². The standard InChI is InChI=1S/C16H15F4N/c1-10-3-2-4-11(7-10)8-15(21)12-5-6-13(14(17)9-12)16(18,19)20/h2-7,9,15H,8,21H2,1H3. The topological polar surface area (TPSA) is 26.0 Å². The highest BCUT2D eigenvalue weighted by Gasteiger charge is 2.34. The van der Waals surface area contributed by atoms with Crippen LogP contribution in [0.4, 0.5) is 17.6 Å². The molecule has 112 valence electrons. The van der Waals surface area contributed by atoms with Crippen molar-refractivity contribution in [3.8, 4) is 0 Å². The van der Waals surface area contributed by atoms with Crippen LogP contribution in [-0.2, 0) is 12.6 Å². The molecule has 0 aliphatic rings. The molecule has 21 heavy (non-hydrogen) atoms. The summed E-state index contributed by atoms with van der Waals surface area (Å²) in [4.78, 5) is 0. The minimum Gasteiger partial charge on any atom is -0.324 e. The van der Waals surface area contributed by atoms with Gasteiger partial charge in [0, 0.05) is 6.04 Å². The van der Waals surface area contributed by atoms with Crippen molar-refractivity contribution < 1.29 is 17.6 Å². The molecule has 0 saturated heterocycles. The van der Waals surface area contributed by atoms with Crippen molar-refractivity contribution in [2.45, 2.75) is 25.6 Å². The van der Waals surface area contributed by atoms with Crippen LogP contribution >= 0.6 is 0 Å². The maximum Gasteiger partial charge on any atom is 0.419 e. The number of benzene rings is 2. The lowest BCUT2D eigenvalue weighted by Crippen LogP contribution is -2.15. The molecule has 0 amide bonds. The lowest BCUT2D eigenvalue weighted by atomic mass is 9.97. The third kappa shape index (κ3) is 3.82. The van der Waals surface area contributed by atoms with Gasteiger partial charge in [-0.25, -0.2) is 4.39 Å². The molecule has 0 aromatic heterocycles. The van der Waals surface area contributed by atoms with Crippen LogP contribution in [0.3, 0.4) is 0 Å². The molecule has 0 bridgehead atoms. The minimum atomic E-state index is -4.69. The highest BCUT2D eigenvalue weighted by atomic mass is 19.4. The molecule has 1 atom stereocenters. The molecule has 0 radical (unpaired) electrons. The van der Waals surface area contributed by atoms with E-state index >= 15 is 0 Å². The molecule has 0 saturated carbocycles. The van der Waals surface area contributed by atoms with Crippen molar-refractivity contribution in [1.29, 1.82) is 0 Å². The first-order chi connectivity index (χ1) is 9.77. The fourth-order valence-corrected chi connectivity index (χ4v) is 2.20. The van der Waals surface area contributed by atoms with Crippen LogP contribution in [0.5, 0.6) is 0 Å². The Morgan fingerprint density at radius 2 is 1.81 bits per heavy atom. The van der Waals surface area contributed by atoms with Gasteiger partial charge in [-0.05, 0) is 36.6 Å². The van der Waals surface area contributed by atoms with Crippen molar-refractivity contribution in [3.05, 3.63) is 70.5 Å². The average molecular weight is 297 g/mol. The molecule has 2 aromatic carbocycles. The van der Waals surface area contributed by atoms with E-state index in [0.717, 1.165) is 23.3 Å². The summed E-state index contributed by atoms with van der Waals surface area (Å²) in [6, 6.07) is 9.92.